The lowest BCUT2D eigenvalue weighted by Crippen LogP contribution is -2.37. The van der Waals surface area contributed by atoms with Crippen molar-refractivity contribution >= 4 is 35.4 Å². The van der Waals surface area contributed by atoms with Crippen molar-refractivity contribution in [3.05, 3.63) is 33.0 Å². The van der Waals surface area contributed by atoms with Gasteiger partial charge in [-0.15, -0.1) is 11.3 Å². The second kappa shape index (κ2) is 6.49. The van der Waals surface area contributed by atoms with E-state index in [0.717, 1.165) is 9.75 Å². The van der Waals surface area contributed by atoms with Crippen LogP contribution in [0, 0.1) is 0 Å². The monoisotopic (exact) mass is 292 g/mol. The summed E-state index contributed by atoms with van der Waals surface area (Å²) in [5.41, 5.74) is 6.36. The lowest BCUT2D eigenvalue weighted by Gasteiger charge is -2.08. The Morgan fingerprint density at radius 3 is 3.05 bits per heavy atom. The SMILES string of the molecule is CCOC(=O)CC(N)C(=O)c1csc2c1=CC=CNC=2. The molecule has 1 aliphatic heterocycles. The molecule has 2 rings (SSSR count). The molecule has 0 saturated carbocycles. The molecule has 1 unspecified atom stereocenters. The zero-order valence-corrected chi connectivity index (χ0v) is 11.9. The number of carbonyl (C=O) groups excluding carboxylic acids is 2. The molecule has 3 N–H and O–H groups in total. The summed E-state index contributed by atoms with van der Waals surface area (Å²) in [6, 6.07) is -0.874. The fourth-order valence-electron chi connectivity index (χ4n) is 1.87. The third-order valence-electron chi connectivity index (χ3n) is 2.82. The normalized spacial score (nSPS) is 14.1. The summed E-state index contributed by atoms with van der Waals surface area (Å²) >= 11 is 1.46. The molecule has 5 nitrogen and oxygen atoms in total. The Morgan fingerprint density at radius 2 is 2.30 bits per heavy atom. The Morgan fingerprint density at radius 1 is 1.50 bits per heavy atom. The number of fused-ring (bicyclic) bond motifs is 1. The fraction of sp³-hybridized carbons (Fsp3) is 0.286. The molecule has 1 atom stereocenters. The van der Waals surface area contributed by atoms with E-state index in [1.165, 1.54) is 11.3 Å². The van der Waals surface area contributed by atoms with Crippen LogP contribution in [-0.4, -0.2) is 24.4 Å². The van der Waals surface area contributed by atoms with Crippen LogP contribution >= 0.6 is 11.3 Å². The highest BCUT2D eigenvalue weighted by Crippen LogP contribution is 2.04. The first-order valence-electron chi connectivity index (χ1n) is 6.29. The highest BCUT2D eigenvalue weighted by Gasteiger charge is 2.21. The minimum atomic E-state index is -0.874. The predicted molar refractivity (Wildman–Crippen MR) is 78.3 cm³/mol. The van der Waals surface area contributed by atoms with Crippen LogP contribution in [-0.2, 0) is 9.53 Å². The van der Waals surface area contributed by atoms with Crippen molar-refractivity contribution < 1.29 is 14.3 Å². The number of esters is 1. The van der Waals surface area contributed by atoms with E-state index >= 15 is 0 Å². The van der Waals surface area contributed by atoms with Crippen molar-refractivity contribution in [1.29, 1.82) is 0 Å². The number of nitrogens with one attached hydrogen (secondary N) is 1. The topological polar surface area (TPSA) is 81.4 Å². The van der Waals surface area contributed by atoms with Crippen molar-refractivity contribution in [2.75, 3.05) is 6.61 Å². The number of hydrogen-bond donors (Lipinski definition) is 2. The molecule has 1 aromatic heterocycles. The molecular formula is C14H16N2O3S. The number of ether oxygens (including phenoxy) is 1. The molecule has 1 aliphatic rings. The Bertz CT molecular complexity index is 660. The number of thiophene rings is 1. The number of nitrogens with two attached hydrogens (primary N) is 1. The molecule has 1 aromatic rings. The maximum absolute atomic E-state index is 12.3. The van der Waals surface area contributed by atoms with Gasteiger partial charge in [0.25, 0.3) is 0 Å². The van der Waals surface area contributed by atoms with Gasteiger partial charge in [-0.25, -0.2) is 0 Å². The second-order valence-electron chi connectivity index (χ2n) is 4.24. The second-order valence-corrected chi connectivity index (χ2v) is 5.16. The molecule has 20 heavy (non-hydrogen) atoms. The van der Waals surface area contributed by atoms with Crippen LogP contribution in [0.4, 0.5) is 0 Å². The van der Waals surface area contributed by atoms with Crippen molar-refractivity contribution in [1.82, 2.24) is 5.32 Å². The van der Waals surface area contributed by atoms with E-state index < -0.39 is 12.0 Å². The van der Waals surface area contributed by atoms with Crippen LogP contribution in [0.2, 0.25) is 0 Å². The van der Waals surface area contributed by atoms with Crippen molar-refractivity contribution in [3.63, 3.8) is 0 Å². The number of carbonyl (C=O) groups is 2. The third kappa shape index (κ3) is 3.15. The molecule has 0 spiro atoms. The Hall–Kier alpha value is -1.92. The average Bonchev–Trinajstić information content (AvgIpc) is 2.66. The summed E-state index contributed by atoms with van der Waals surface area (Å²) in [5.74, 6) is -0.692. The minimum Gasteiger partial charge on any atom is -0.466 e. The first-order valence-corrected chi connectivity index (χ1v) is 7.17. The zero-order valence-electron chi connectivity index (χ0n) is 11.1. The fourth-order valence-corrected chi connectivity index (χ4v) is 2.80. The number of rotatable bonds is 5. The van der Waals surface area contributed by atoms with E-state index in [1.54, 1.807) is 18.5 Å². The first kappa shape index (κ1) is 14.5. The van der Waals surface area contributed by atoms with Crippen LogP contribution < -0.4 is 20.8 Å². The summed E-state index contributed by atoms with van der Waals surface area (Å²) in [6.45, 7) is 2.00. The molecule has 2 heterocycles. The number of hydrogen-bond acceptors (Lipinski definition) is 6. The number of Topliss-reactive ketones (excluding diaryl/α,β-unsaturated/α-hetero) is 1. The molecule has 0 radical (unpaired) electrons. The van der Waals surface area contributed by atoms with E-state index in [0.29, 0.717) is 5.56 Å². The van der Waals surface area contributed by atoms with E-state index in [1.807, 2.05) is 18.4 Å². The van der Waals surface area contributed by atoms with Crippen molar-refractivity contribution in [2.24, 2.45) is 5.73 Å². The van der Waals surface area contributed by atoms with Crippen LogP contribution in [0.1, 0.15) is 23.7 Å². The van der Waals surface area contributed by atoms with Gasteiger partial charge in [0.05, 0.1) is 23.6 Å². The molecule has 6 heteroatoms. The number of ketones is 1. The van der Waals surface area contributed by atoms with Gasteiger partial charge in [-0.1, -0.05) is 6.08 Å². The quantitative estimate of drug-likeness (QED) is 0.582. The Labute approximate surface area is 120 Å². The summed E-state index contributed by atoms with van der Waals surface area (Å²) < 4.78 is 5.77. The van der Waals surface area contributed by atoms with Crippen LogP contribution in [0.25, 0.3) is 12.3 Å². The van der Waals surface area contributed by atoms with Gasteiger partial charge in [0.2, 0.25) is 0 Å². The van der Waals surface area contributed by atoms with E-state index in [2.05, 4.69) is 5.32 Å². The Balaban J connectivity index is 2.23. The van der Waals surface area contributed by atoms with Crippen LogP contribution in [0.5, 0.6) is 0 Å². The molecule has 0 fully saturated rings. The van der Waals surface area contributed by atoms with Crippen LogP contribution in [0.3, 0.4) is 0 Å². The van der Waals surface area contributed by atoms with Crippen molar-refractivity contribution in [3.8, 4) is 0 Å². The molecule has 0 saturated heterocycles. The average molecular weight is 292 g/mol. The summed E-state index contributed by atoms with van der Waals surface area (Å²) in [5, 5.41) is 5.59. The van der Waals surface area contributed by atoms with E-state index in [9.17, 15) is 9.59 Å². The van der Waals surface area contributed by atoms with Crippen molar-refractivity contribution in [2.45, 2.75) is 19.4 Å². The zero-order chi connectivity index (χ0) is 14.5. The van der Waals surface area contributed by atoms with Gasteiger partial charge in [0.1, 0.15) is 0 Å². The molecule has 0 aliphatic carbocycles. The van der Waals surface area contributed by atoms with Gasteiger partial charge in [0.15, 0.2) is 5.78 Å². The van der Waals surface area contributed by atoms with E-state index in [4.69, 9.17) is 10.5 Å². The van der Waals surface area contributed by atoms with Gasteiger partial charge in [-0.3, -0.25) is 9.59 Å². The maximum Gasteiger partial charge on any atom is 0.307 e. The van der Waals surface area contributed by atoms with Gasteiger partial charge >= 0.3 is 5.97 Å². The Kier molecular flexibility index (Phi) is 4.70. The smallest absolute Gasteiger partial charge is 0.307 e. The lowest BCUT2D eigenvalue weighted by molar-refractivity contribution is -0.143. The minimum absolute atomic E-state index is 0.102. The summed E-state index contributed by atoms with van der Waals surface area (Å²) in [7, 11) is 0. The maximum atomic E-state index is 12.3. The van der Waals surface area contributed by atoms with E-state index in [-0.39, 0.29) is 18.8 Å². The standard InChI is InChI=1S/C14H16N2O3S/c1-2-19-13(17)6-11(15)14(18)10-8-20-12-7-16-5-3-4-9(10)12/h3-5,7-8,11,16H,2,6,15H2,1H3. The van der Waals surface area contributed by atoms with Gasteiger partial charge < -0.3 is 15.8 Å². The molecule has 106 valence electrons. The first-order chi connectivity index (χ1) is 9.63. The molecule has 0 amide bonds. The predicted octanol–water partition coefficient (Wildman–Crippen LogP) is -0.153. The summed E-state index contributed by atoms with van der Waals surface area (Å²) in [4.78, 5) is 23.7. The molecular weight excluding hydrogens is 276 g/mol. The largest absolute Gasteiger partial charge is 0.466 e. The van der Waals surface area contributed by atoms with Gasteiger partial charge in [-0.05, 0) is 13.0 Å². The third-order valence-corrected chi connectivity index (χ3v) is 3.77. The molecule has 0 bridgehead atoms. The lowest BCUT2D eigenvalue weighted by atomic mass is 10.0. The highest BCUT2D eigenvalue weighted by molar-refractivity contribution is 7.08. The number of allylic oxidation sites excluding steroid dienone is 1. The highest BCUT2D eigenvalue weighted by atomic mass is 32.1. The van der Waals surface area contributed by atoms with Gasteiger partial charge in [-0.2, -0.15) is 0 Å². The van der Waals surface area contributed by atoms with Gasteiger partial charge in [0, 0.05) is 28.6 Å². The van der Waals surface area contributed by atoms with Crippen LogP contribution in [0.15, 0.2) is 17.7 Å². The molecule has 0 aromatic carbocycles. The summed E-state index contributed by atoms with van der Waals surface area (Å²) in [6.07, 6.45) is 7.18.